The summed E-state index contributed by atoms with van der Waals surface area (Å²) in [4.78, 5) is 19.7. The van der Waals surface area contributed by atoms with E-state index in [0.29, 0.717) is 0 Å². The second-order valence-electron chi connectivity index (χ2n) is 9.35. The molecule has 176 valence electrons. The van der Waals surface area contributed by atoms with Crippen LogP contribution < -0.4 is 9.64 Å². The minimum Gasteiger partial charge on any atom is -0.494 e. The van der Waals surface area contributed by atoms with Crippen LogP contribution in [-0.2, 0) is 0 Å². The normalized spacial score (nSPS) is 19.4. The molecule has 2 aliphatic heterocycles. The molecule has 2 aromatic carbocycles. The van der Waals surface area contributed by atoms with Gasteiger partial charge in [0.05, 0.1) is 6.61 Å². The number of rotatable bonds is 8. The fourth-order valence-corrected chi connectivity index (χ4v) is 4.87. The molecule has 2 aromatic rings. The summed E-state index contributed by atoms with van der Waals surface area (Å²) in [6.07, 6.45) is 5.54. The summed E-state index contributed by atoms with van der Waals surface area (Å²) in [5, 5.41) is 0. The van der Waals surface area contributed by atoms with Crippen LogP contribution in [-0.4, -0.2) is 68.1 Å². The molecule has 2 saturated heterocycles. The molecule has 5 nitrogen and oxygen atoms in total. The van der Waals surface area contributed by atoms with Crippen LogP contribution in [0.5, 0.6) is 5.75 Å². The summed E-state index contributed by atoms with van der Waals surface area (Å²) < 4.78 is 5.98. The van der Waals surface area contributed by atoms with Crippen molar-refractivity contribution >= 4 is 17.7 Å². The molecular formula is C28H37N3O2. The van der Waals surface area contributed by atoms with Crippen LogP contribution in [0, 0.1) is 5.92 Å². The largest absolute Gasteiger partial charge is 0.494 e. The molecule has 0 spiro atoms. The van der Waals surface area contributed by atoms with E-state index in [-0.39, 0.29) is 5.91 Å². The zero-order chi connectivity index (χ0) is 23.0. The first kappa shape index (κ1) is 23.4. The second kappa shape index (κ2) is 11.4. The molecule has 0 N–H and O–H groups in total. The monoisotopic (exact) mass is 447 g/mol. The number of benzene rings is 2. The van der Waals surface area contributed by atoms with Crippen molar-refractivity contribution in [2.24, 2.45) is 5.92 Å². The average molecular weight is 448 g/mol. The highest BCUT2D eigenvalue weighted by Gasteiger charge is 2.22. The van der Waals surface area contributed by atoms with E-state index in [9.17, 15) is 4.79 Å². The molecule has 5 heteroatoms. The lowest BCUT2D eigenvalue weighted by Crippen LogP contribution is -2.48. The summed E-state index contributed by atoms with van der Waals surface area (Å²) in [6, 6.07) is 16.1. The SMILES string of the molecule is C=Cc1cccc(C(=O)N2CCN(c3ccc(OCCCN4CCCC(C)C4)cc3)CC2)c1. The van der Waals surface area contributed by atoms with Crippen molar-refractivity contribution in [2.75, 3.05) is 57.3 Å². The molecule has 1 amide bonds. The van der Waals surface area contributed by atoms with Crippen molar-refractivity contribution in [1.29, 1.82) is 0 Å². The molecule has 1 unspecified atom stereocenters. The third-order valence-corrected chi connectivity index (χ3v) is 6.77. The van der Waals surface area contributed by atoms with Crippen LogP contribution in [0.15, 0.2) is 55.1 Å². The number of piperazine rings is 1. The Morgan fingerprint density at radius 1 is 1.09 bits per heavy atom. The Bertz CT molecular complexity index is 919. The first-order valence-corrected chi connectivity index (χ1v) is 12.3. The Hall–Kier alpha value is -2.79. The fourth-order valence-electron chi connectivity index (χ4n) is 4.87. The molecule has 0 aliphatic carbocycles. The molecular weight excluding hydrogens is 410 g/mol. The lowest BCUT2D eigenvalue weighted by molar-refractivity contribution is 0.0746. The lowest BCUT2D eigenvalue weighted by atomic mass is 10.0. The van der Waals surface area contributed by atoms with Crippen molar-refractivity contribution in [2.45, 2.75) is 26.2 Å². The van der Waals surface area contributed by atoms with E-state index in [2.05, 4.69) is 47.6 Å². The lowest BCUT2D eigenvalue weighted by Gasteiger charge is -2.36. The first-order chi connectivity index (χ1) is 16.1. The van der Waals surface area contributed by atoms with E-state index < -0.39 is 0 Å². The molecule has 2 fully saturated rings. The quantitative estimate of drug-likeness (QED) is 0.545. The van der Waals surface area contributed by atoms with E-state index in [4.69, 9.17) is 4.74 Å². The summed E-state index contributed by atoms with van der Waals surface area (Å²) in [7, 11) is 0. The molecule has 1 atom stereocenters. The third kappa shape index (κ3) is 6.38. The number of nitrogens with zero attached hydrogens (tertiary/aromatic N) is 3. The first-order valence-electron chi connectivity index (χ1n) is 12.3. The number of carbonyl (C=O) groups excluding carboxylic acids is 1. The van der Waals surface area contributed by atoms with E-state index in [1.165, 1.54) is 31.6 Å². The highest BCUT2D eigenvalue weighted by Crippen LogP contribution is 2.22. The number of carbonyl (C=O) groups is 1. The van der Waals surface area contributed by atoms with E-state index in [1.807, 2.05) is 29.2 Å². The minimum absolute atomic E-state index is 0.0982. The van der Waals surface area contributed by atoms with Crippen molar-refractivity contribution in [3.05, 3.63) is 66.2 Å². The zero-order valence-corrected chi connectivity index (χ0v) is 19.9. The van der Waals surface area contributed by atoms with Crippen LogP contribution in [0.2, 0.25) is 0 Å². The second-order valence-corrected chi connectivity index (χ2v) is 9.35. The predicted octanol–water partition coefficient (Wildman–Crippen LogP) is 4.79. The van der Waals surface area contributed by atoms with Crippen molar-refractivity contribution in [1.82, 2.24) is 9.80 Å². The maximum Gasteiger partial charge on any atom is 0.253 e. The standard InChI is InChI=1S/C28H37N3O2/c1-3-24-8-4-9-25(21-24)28(32)31-18-16-30(17-19-31)26-10-12-27(13-11-26)33-20-6-15-29-14-5-7-23(2)22-29/h3-4,8-13,21,23H,1,5-7,14-20,22H2,2H3. The van der Waals surface area contributed by atoms with Crippen LogP contribution in [0.4, 0.5) is 5.69 Å². The van der Waals surface area contributed by atoms with E-state index in [1.54, 1.807) is 6.08 Å². The molecule has 2 heterocycles. The molecule has 4 rings (SSSR count). The average Bonchev–Trinajstić information content (AvgIpc) is 2.87. The summed E-state index contributed by atoms with van der Waals surface area (Å²) in [5.41, 5.74) is 2.89. The van der Waals surface area contributed by atoms with Crippen molar-refractivity contribution in [3.8, 4) is 5.75 Å². The van der Waals surface area contributed by atoms with Gasteiger partial charge >= 0.3 is 0 Å². The van der Waals surface area contributed by atoms with Crippen LogP contribution in [0.1, 0.15) is 42.1 Å². The Morgan fingerprint density at radius 3 is 2.61 bits per heavy atom. The maximum atomic E-state index is 12.9. The van der Waals surface area contributed by atoms with Gasteiger partial charge in [-0.2, -0.15) is 0 Å². The minimum atomic E-state index is 0.0982. The van der Waals surface area contributed by atoms with Gasteiger partial charge in [-0.15, -0.1) is 0 Å². The Kier molecular flexibility index (Phi) is 8.05. The van der Waals surface area contributed by atoms with Crippen molar-refractivity contribution in [3.63, 3.8) is 0 Å². The van der Waals surface area contributed by atoms with Gasteiger partial charge in [0.1, 0.15) is 5.75 Å². The number of piperidine rings is 1. The van der Waals surface area contributed by atoms with Gasteiger partial charge in [-0.3, -0.25) is 4.79 Å². The van der Waals surface area contributed by atoms with Gasteiger partial charge in [-0.1, -0.05) is 31.7 Å². The van der Waals surface area contributed by atoms with Crippen LogP contribution >= 0.6 is 0 Å². The topological polar surface area (TPSA) is 36.0 Å². The summed E-state index contributed by atoms with van der Waals surface area (Å²) >= 11 is 0. The zero-order valence-electron chi connectivity index (χ0n) is 19.9. The maximum absolute atomic E-state index is 12.9. The number of likely N-dealkylation sites (tertiary alicyclic amines) is 1. The smallest absolute Gasteiger partial charge is 0.253 e. The van der Waals surface area contributed by atoms with Gasteiger partial charge in [-0.05, 0) is 73.7 Å². The molecule has 0 radical (unpaired) electrons. The number of anilines is 1. The number of hydrogen-bond acceptors (Lipinski definition) is 4. The van der Waals surface area contributed by atoms with Gasteiger partial charge in [0, 0.05) is 50.5 Å². The number of amides is 1. The molecule has 0 aromatic heterocycles. The predicted molar refractivity (Wildman–Crippen MR) is 136 cm³/mol. The van der Waals surface area contributed by atoms with Gasteiger partial charge in [0.2, 0.25) is 0 Å². The summed E-state index contributed by atoms with van der Waals surface area (Å²) in [6.45, 7) is 13.6. The van der Waals surface area contributed by atoms with E-state index in [0.717, 1.165) is 68.5 Å². The summed E-state index contributed by atoms with van der Waals surface area (Å²) in [5.74, 6) is 1.86. The van der Waals surface area contributed by atoms with Gasteiger partial charge < -0.3 is 19.4 Å². The van der Waals surface area contributed by atoms with Gasteiger partial charge in [0.25, 0.3) is 5.91 Å². The molecule has 2 aliphatic rings. The van der Waals surface area contributed by atoms with Gasteiger partial charge in [-0.25, -0.2) is 0 Å². The molecule has 0 bridgehead atoms. The Labute approximate surface area is 198 Å². The van der Waals surface area contributed by atoms with Gasteiger partial charge in [0.15, 0.2) is 0 Å². The third-order valence-electron chi connectivity index (χ3n) is 6.77. The number of ether oxygens (including phenoxy) is 1. The number of hydrogen-bond donors (Lipinski definition) is 0. The highest BCUT2D eigenvalue weighted by atomic mass is 16.5. The van der Waals surface area contributed by atoms with E-state index >= 15 is 0 Å². The Balaban J connectivity index is 1.20. The fraction of sp³-hybridized carbons (Fsp3) is 0.464. The van der Waals surface area contributed by atoms with Crippen LogP contribution in [0.3, 0.4) is 0 Å². The van der Waals surface area contributed by atoms with Crippen LogP contribution in [0.25, 0.3) is 6.08 Å². The Morgan fingerprint density at radius 2 is 1.88 bits per heavy atom. The molecule has 0 saturated carbocycles. The van der Waals surface area contributed by atoms with Crippen molar-refractivity contribution < 1.29 is 9.53 Å². The molecule has 33 heavy (non-hydrogen) atoms. The highest BCUT2D eigenvalue weighted by molar-refractivity contribution is 5.95.